The number of benzene rings is 2. The Bertz CT molecular complexity index is 1820. The first-order valence-corrected chi connectivity index (χ1v) is 14.9. The second-order valence-corrected chi connectivity index (χ2v) is 10.7. The molecule has 5 rings (SSSR count). The normalized spacial score (nSPS) is 15.1. The average molecular weight is 673 g/mol. The van der Waals surface area contributed by atoms with Crippen LogP contribution in [-0.4, -0.2) is 72.7 Å². The molecule has 0 aliphatic carbocycles. The van der Waals surface area contributed by atoms with Crippen LogP contribution in [0.5, 0.6) is 0 Å². The molecule has 1 aliphatic rings. The number of pyridine rings is 2. The van der Waals surface area contributed by atoms with Crippen molar-refractivity contribution in [2.45, 2.75) is 25.3 Å². The Labute approximate surface area is 278 Å². The number of ether oxygens (including phenoxy) is 3. The van der Waals surface area contributed by atoms with Gasteiger partial charge < -0.3 is 34.5 Å². The molecule has 1 fully saturated rings. The molecule has 15 nitrogen and oxygen atoms in total. The van der Waals surface area contributed by atoms with Gasteiger partial charge in [-0.2, -0.15) is 0 Å². The molecular formula is C34H32N4O11. The maximum absolute atomic E-state index is 13.5. The maximum Gasteiger partial charge on any atom is 0.343 e. The lowest BCUT2D eigenvalue weighted by Crippen LogP contribution is -2.52. The summed E-state index contributed by atoms with van der Waals surface area (Å²) in [6.45, 7) is -0.214. The molecule has 2 atom stereocenters. The number of carbonyl (C=O) groups excluding carboxylic acids is 4. The van der Waals surface area contributed by atoms with Gasteiger partial charge in [-0.3, -0.25) is 19.2 Å². The lowest BCUT2D eigenvalue weighted by Gasteiger charge is -2.22. The van der Waals surface area contributed by atoms with E-state index in [0.29, 0.717) is 20.6 Å². The van der Waals surface area contributed by atoms with Crippen molar-refractivity contribution in [3.8, 4) is 0 Å². The van der Waals surface area contributed by atoms with Crippen molar-refractivity contribution in [2.75, 3.05) is 27.4 Å². The molecule has 0 saturated carbocycles. The van der Waals surface area contributed by atoms with Crippen molar-refractivity contribution in [3.05, 3.63) is 139 Å². The summed E-state index contributed by atoms with van der Waals surface area (Å²) in [4.78, 5) is 89.3. The van der Waals surface area contributed by atoms with E-state index in [-0.39, 0.29) is 48.9 Å². The van der Waals surface area contributed by atoms with Crippen LogP contribution in [0.1, 0.15) is 52.8 Å². The Balaban J connectivity index is 1.36. The van der Waals surface area contributed by atoms with Crippen LogP contribution in [0.15, 0.2) is 94.5 Å². The molecule has 49 heavy (non-hydrogen) atoms. The number of nitrogens with zero attached hydrogens (tertiary/aromatic N) is 2. The molecule has 15 heteroatoms. The van der Waals surface area contributed by atoms with Crippen molar-refractivity contribution in [1.29, 1.82) is 0 Å². The third-order valence-electron chi connectivity index (χ3n) is 7.48. The van der Waals surface area contributed by atoms with Crippen LogP contribution in [0, 0.1) is 0 Å². The first-order chi connectivity index (χ1) is 23.7. The SMILES string of the molecule is COC(=O)c1ccc(C(=O)N[C@H]2COC[C@H]2NC(=O)c2ccc(C(=O)OC)c(=O)n2OCc2ccccc2)n(OCc2ccccc2)c1=O. The number of nitrogens with one attached hydrogen (secondary N) is 2. The predicted molar refractivity (Wildman–Crippen MR) is 171 cm³/mol. The van der Waals surface area contributed by atoms with Gasteiger partial charge in [-0.25, -0.2) is 9.59 Å². The fraction of sp³-hybridized carbons (Fsp3) is 0.235. The van der Waals surface area contributed by atoms with Gasteiger partial charge in [0, 0.05) is 0 Å². The molecule has 2 aromatic heterocycles. The van der Waals surface area contributed by atoms with Crippen LogP contribution in [-0.2, 0) is 27.4 Å². The summed E-state index contributed by atoms with van der Waals surface area (Å²) in [6, 6.07) is 20.9. The summed E-state index contributed by atoms with van der Waals surface area (Å²) in [5.74, 6) is -3.35. The molecule has 1 saturated heterocycles. The van der Waals surface area contributed by atoms with E-state index in [0.717, 1.165) is 26.4 Å². The van der Waals surface area contributed by atoms with E-state index in [1.165, 1.54) is 12.1 Å². The van der Waals surface area contributed by atoms with Crippen LogP contribution in [0.4, 0.5) is 0 Å². The highest BCUT2D eigenvalue weighted by atomic mass is 16.7. The van der Waals surface area contributed by atoms with Crippen LogP contribution in [0.3, 0.4) is 0 Å². The summed E-state index contributed by atoms with van der Waals surface area (Å²) in [5, 5.41) is 5.48. The Morgan fingerprint density at radius 3 is 1.39 bits per heavy atom. The van der Waals surface area contributed by atoms with E-state index in [9.17, 15) is 28.8 Å². The van der Waals surface area contributed by atoms with Crippen LogP contribution in [0.25, 0.3) is 0 Å². The van der Waals surface area contributed by atoms with Crippen molar-refractivity contribution < 1.29 is 43.1 Å². The molecule has 1 aliphatic heterocycles. The van der Waals surface area contributed by atoms with Gasteiger partial charge in [-0.15, -0.1) is 9.46 Å². The Morgan fingerprint density at radius 1 is 0.633 bits per heavy atom. The molecule has 0 radical (unpaired) electrons. The largest absolute Gasteiger partial charge is 0.465 e. The third-order valence-corrected chi connectivity index (χ3v) is 7.48. The first-order valence-electron chi connectivity index (χ1n) is 14.9. The highest BCUT2D eigenvalue weighted by molar-refractivity contribution is 5.96. The second kappa shape index (κ2) is 15.6. The summed E-state index contributed by atoms with van der Waals surface area (Å²) in [7, 11) is 2.24. The minimum absolute atomic E-state index is 0.00930. The van der Waals surface area contributed by atoms with Crippen LogP contribution in [0.2, 0.25) is 0 Å². The summed E-state index contributed by atoms with van der Waals surface area (Å²) < 4.78 is 16.3. The summed E-state index contributed by atoms with van der Waals surface area (Å²) in [6.07, 6.45) is 0. The van der Waals surface area contributed by atoms with Gasteiger partial charge in [0.1, 0.15) is 35.7 Å². The number of esters is 2. The van der Waals surface area contributed by atoms with Crippen molar-refractivity contribution >= 4 is 23.8 Å². The highest BCUT2D eigenvalue weighted by Crippen LogP contribution is 2.11. The molecule has 254 valence electrons. The lowest BCUT2D eigenvalue weighted by atomic mass is 10.1. The number of carbonyl (C=O) groups is 4. The average Bonchev–Trinajstić information content (AvgIpc) is 3.56. The number of methoxy groups -OCH3 is 2. The van der Waals surface area contributed by atoms with Crippen molar-refractivity contribution in [2.24, 2.45) is 0 Å². The topological polar surface area (TPSA) is 182 Å². The van der Waals surface area contributed by atoms with Gasteiger partial charge in [-0.1, -0.05) is 60.7 Å². The zero-order chi connectivity index (χ0) is 34.9. The fourth-order valence-corrected chi connectivity index (χ4v) is 4.91. The highest BCUT2D eigenvalue weighted by Gasteiger charge is 2.33. The summed E-state index contributed by atoms with van der Waals surface area (Å²) >= 11 is 0. The van der Waals surface area contributed by atoms with Gasteiger partial charge >= 0.3 is 11.9 Å². The van der Waals surface area contributed by atoms with E-state index in [4.69, 9.17) is 14.4 Å². The molecule has 2 amide bonds. The second-order valence-electron chi connectivity index (χ2n) is 10.7. The first kappa shape index (κ1) is 34.1. The predicted octanol–water partition coefficient (Wildman–Crippen LogP) is 0.768. The third kappa shape index (κ3) is 7.85. The molecule has 0 unspecified atom stereocenters. The van der Waals surface area contributed by atoms with E-state index in [1.807, 2.05) is 0 Å². The minimum Gasteiger partial charge on any atom is -0.465 e. The number of amides is 2. The molecule has 0 spiro atoms. The number of aromatic nitrogens is 2. The molecule has 2 N–H and O–H groups in total. The molecule has 3 heterocycles. The van der Waals surface area contributed by atoms with Gasteiger partial charge in [0.2, 0.25) is 0 Å². The van der Waals surface area contributed by atoms with E-state index < -0.39 is 47.0 Å². The fourth-order valence-electron chi connectivity index (χ4n) is 4.91. The van der Waals surface area contributed by atoms with Crippen molar-refractivity contribution in [1.82, 2.24) is 20.1 Å². The van der Waals surface area contributed by atoms with Crippen LogP contribution < -0.4 is 31.4 Å². The molecule has 4 aromatic rings. The van der Waals surface area contributed by atoms with Gasteiger partial charge in [0.15, 0.2) is 0 Å². The lowest BCUT2D eigenvalue weighted by molar-refractivity contribution is 0.0556. The molecule has 0 bridgehead atoms. The van der Waals surface area contributed by atoms with Gasteiger partial charge in [0.25, 0.3) is 22.9 Å². The molecular weight excluding hydrogens is 640 g/mol. The molecule has 2 aromatic carbocycles. The van der Waals surface area contributed by atoms with Crippen LogP contribution >= 0.6 is 0 Å². The summed E-state index contributed by atoms with van der Waals surface area (Å²) in [5.41, 5.74) is -1.58. The standard InChI is InChI=1S/C34H32N4O11/c1-45-33(43)23-13-15-27(37(31(23)41)48-17-21-9-5-3-6-10-21)29(39)35-25-19-47-20-26(25)36-30(40)28-16-14-24(34(44)46-2)32(42)38(28)49-18-22-11-7-4-8-12-22/h3-16,25-26H,17-20H2,1-2H3,(H,35,39)(H,36,40)/t25-,26+. The van der Waals surface area contributed by atoms with Crippen molar-refractivity contribution in [3.63, 3.8) is 0 Å². The Kier molecular flexibility index (Phi) is 10.9. The Morgan fingerprint density at radius 2 is 1.02 bits per heavy atom. The zero-order valence-electron chi connectivity index (χ0n) is 26.5. The number of hydrogen-bond acceptors (Lipinski definition) is 11. The van der Waals surface area contributed by atoms with E-state index in [1.54, 1.807) is 60.7 Å². The zero-order valence-corrected chi connectivity index (χ0v) is 26.5. The smallest absolute Gasteiger partial charge is 0.343 e. The van der Waals surface area contributed by atoms with E-state index >= 15 is 0 Å². The number of hydrogen-bond donors (Lipinski definition) is 2. The van der Waals surface area contributed by atoms with Gasteiger partial charge in [0.05, 0.1) is 39.5 Å². The minimum atomic E-state index is -0.910. The maximum atomic E-state index is 13.5. The number of rotatable bonds is 12. The van der Waals surface area contributed by atoms with Gasteiger partial charge in [-0.05, 0) is 35.4 Å². The quantitative estimate of drug-likeness (QED) is 0.203. The van der Waals surface area contributed by atoms with E-state index in [2.05, 4.69) is 20.1 Å². The Hall–Kier alpha value is -6.22. The monoisotopic (exact) mass is 672 g/mol.